The molecule has 0 aliphatic heterocycles. The number of hydrogen-bond acceptors (Lipinski definition) is 1. The van der Waals surface area contributed by atoms with Gasteiger partial charge in [-0.05, 0) is 74.4 Å². The van der Waals surface area contributed by atoms with Gasteiger partial charge in [-0.25, -0.2) is 0 Å². The predicted octanol–water partition coefficient (Wildman–Crippen LogP) is 12.4. The second-order valence-corrected chi connectivity index (χ2v) is 11.0. The van der Waals surface area contributed by atoms with Crippen LogP contribution < -0.4 is 5.73 Å². The van der Waals surface area contributed by atoms with Gasteiger partial charge in [0.15, 0.2) is 0 Å². The molecule has 41 heavy (non-hydrogen) atoms. The zero-order valence-electron chi connectivity index (χ0n) is 27.3. The Bertz CT molecular complexity index is 1320. The summed E-state index contributed by atoms with van der Waals surface area (Å²) >= 11 is 0. The largest absolute Gasteiger partial charge is 0.398 e. The van der Waals surface area contributed by atoms with Gasteiger partial charge in [0, 0.05) is 16.8 Å². The molecule has 0 saturated carbocycles. The molecule has 0 unspecified atom stereocenters. The highest BCUT2D eigenvalue weighted by molar-refractivity contribution is 5.96. The fraction of sp³-hybridized carbons (Fsp3) is 0.300. The Hall–Kier alpha value is -3.84. The lowest BCUT2D eigenvalue weighted by Crippen LogP contribution is -1.97. The van der Waals surface area contributed by atoms with Crippen LogP contribution in [0.3, 0.4) is 0 Å². The lowest BCUT2D eigenvalue weighted by Gasteiger charge is -2.16. The van der Waals surface area contributed by atoms with Crippen LogP contribution in [0.1, 0.15) is 84.1 Å². The fourth-order valence-electron chi connectivity index (χ4n) is 3.76. The van der Waals surface area contributed by atoms with Crippen LogP contribution in [-0.4, -0.2) is 0 Å². The van der Waals surface area contributed by atoms with E-state index in [-0.39, 0.29) is 0 Å². The molecule has 4 rings (SSSR count). The smallest absolute Gasteiger partial charge is 0.0473 e. The van der Waals surface area contributed by atoms with E-state index >= 15 is 0 Å². The number of nitrogen functional groups attached to an aromatic ring is 1. The van der Waals surface area contributed by atoms with Crippen molar-refractivity contribution in [1.82, 2.24) is 0 Å². The van der Waals surface area contributed by atoms with Gasteiger partial charge in [0.05, 0.1) is 0 Å². The standard InChI is InChI=1S/C29H27N.C4H10.C4H8.C3H8/c1-20-9-13-24(14-10-20)26-17-18-27(25-15-11-21(2)12-16-25)29(30)28(26)19-22(3)23-7-5-4-6-8-23;1-4(2)3;1-3-4-2;1-3-2/h4-19H,30H2,1-3H3;4H,1-3H3;3-4H,1-2H3;3H2,1-2H3/b22-19+;;4-3-;. The highest BCUT2D eigenvalue weighted by atomic mass is 14.6. The molecule has 1 nitrogen and oxygen atoms in total. The van der Waals surface area contributed by atoms with Gasteiger partial charge in [-0.2, -0.15) is 0 Å². The van der Waals surface area contributed by atoms with Gasteiger partial charge in [0.25, 0.3) is 0 Å². The topological polar surface area (TPSA) is 26.0 Å². The number of aryl methyl sites for hydroxylation is 2. The van der Waals surface area contributed by atoms with Crippen molar-refractivity contribution in [2.75, 3.05) is 5.73 Å². The van der Waals surface area contributed by atoms with Crippen LogP contribution in [0.4, 0.5) is 5.69 Å². The fourth-order valence-corrected chi connectivity index (χ4v) is 3.76. The number of nitrogens with two attached hydrogens (primary N) is 1. The minimum Gasteiger partial charge on any atom is -0.398 e. The van der Waals surface area contributed by atoms with Crippen molar-refractivity contribution in [1.29, 1.82) is 0 Å². The van der Waals surface area contributed by atoms with Gasteiger partial charge >= 0.3 is 0 Å². The third-order valence-corrected chi connectivity index (χ3v) is 5.94. The van der Waals surface area contributed by atoms with Crippen molar-refractivity contribution in [3.63, 3.8) is 0 Å². The second-order valence-electron chi connectivity index (χ2n) is 11.0. The van der Waals surface area contributed by atoms with Gasteiger partial charge < -0.3 is 5.73 Å². The first kappa shape index (κ1) is 35.2. The van der Waals surface area contributed by atoms with Crippen LogP contribution in [0.5, 0.6) is 0 Å². The number of hydrogen-bond donors (Lipinski definition) is 1. The van der Waals surface area contributed by atoms with E-state index < -0.39 is 0 Å². The SMILES string of the molecule is C/C(=C\c1c(-c2ccc(C)cc2)ccc(-c2ccc(C)cc2)c1N)c1ccccc1.C/C=C\C.CC(C)C.CCC. The van der Waals surface area contributed by atoms with E-state index in [0.717, 1.165) is 33.9 Å². The molecule has 0 aliphatic rings. The highest BCUT2D eigenvalue weighted by Gasteiger charge is 2.13. The van der Waals surface area contributed by atoms with E-state index in [0.29, 0.717) is 0 Å². The highest BCUT2D eigenvalue weighted by Crippen LogP contribution is 2.38. The summed E-state index contributed by atoms with van der Waals surface area (Å²) in [6.45, 7) is 21.1. The molecule has 218 valence electrons. The van der Waals surface area contributed by atoms with Crippen molar-refractivity contribution in [2.45, 2.75) is 75.7 Å². The molecular formula is C40H53N. The predicted molar refractivity (Wildman–Crippen MR) is 188 cm³/mol. The van der Waals surface area contributed by atoms with E-state index in [2.05, 4.69) is 146 Å². The maximum Gasteiger partial charge on any atom is 0.0473 e. The zero-order valence-corrected chi connectivity index (χ0v) is 27.3. The minimum absolute atomic E-state index is 0.812. The summed E-state index contributed by atoms with van der Waals surface area (Å²) in [7, 11) is 0. The Balaban J connectivity index is 0.000000659. The number of benzene rings is 4. The van der Waals surface area contributed by atoms with E-state index in [4.69, 9.17) is 5.73 Å². The Morgan fingerprint density at radius 2 is 1.05 bits per heavy atom. The molecule has 0 heterocycles. The van der Waals surface area contributed by atoms with Gasteiger partial charge in [0.1, 0.15) is 0 Å². The third-order valence-electron chi connectivity index (χ3n) is 5.94. The first-order valence-electron chi connectivity index (χ1n) is 15.0. The molecule has 0 aromatic heterocycles. The summed E-state index contributed by atoms with van der Waals surface area (Å²) in [5.41, 5.74) is 18.1. The first-order valence-corrected chi connectivity index (χ1v) is 15.0. The average Bonchev–Trinajstić information content (AvgIpc) is 2.96. The van der Waals surface area contributed by atoms with Crippen LogP contribution in [0.25, 0.3) is 33.9 Å². The minimum atomic E-state index is 0.812. The summed E-state index contributed by atoms with van der Waals surface area (Å²) in [6, 6.07) is 32.0. The van der Waals surface area contributed by atoms with Gasteiger partial charge in [0.2, 0.25) is 0 Å². The van der Waals surface area contributed by atoms with Crippen molar-refractivity contribution < 1.29 is 0 Å². The normalized spacial score (nSPS) is 10.7. The van der Waals surface area contributed by atoms with Crippen LogP contribution in [0, 0.1) is 19.8 Å². The molecular weight excluding hydrogens is 494 g/mol. The summed E-state index contributed by atoms with van der Waals surface area (Å²) < 4.78 is 0. The van der Waals surface area contributed by atoms with Gasteiger partial charge in [-0.15, -0.1) is 0 Å². The van der Waals surface area contributed by atoms with E-state index in [1.807, 2.05) is 32.1 Å². The van der Waals surface area contributed by atoms with Crippen molar-refractivity contribution in [3.05, 3.63) is 125 Å². The zero-order chi connectivity index (χ0) is 30.8. The first-order chi connectivity index (χ1) is 19.6. The van der Waals surface area contributed by atoms with Crippen LogP contribution in [-0.2, 0) is 0 Å². The van der Waals surface area contributed by atoms with Crippen molar-refractivity contribution in [3.8, 4) is 22.3 Å². The van der Waals surface area contributed by atoms with Crippen LogP contribution >= 0.6 is 0 Å². The lowest BCUT2D eigenvalue weighted by atomic mass is 9.90. The third kappa shape index (κ3) is 12.5. The average molecular weight is 548 g/mol. The molecule has 2 N–H and O–H groups in total. The summed E-state index contributed by atoms with van der Waals surface area (Å²) in [5.74, 6) is 0.833. The molecule has 0 radical (unpaired) electrons. The quantitative estimate of drug-likeness (QED) is 0.153. The molecule has 0 spiro atoms. The van der Waals surface area contributed by atoms with Crippen molar-refractivity contribution >= 4 is 17.3 Å². The second kappa shape index (κ2) is 19.3. The molecule has 4 aromatic carbocycles. The molecule has 0 saturated heterocycles. The van der Waals surface area contributed by atoms with Gasteiger partial charge in [-0.3, -0.25) is 0 Å². The van der Waals surface area contributed by atoms with Gasteiger partial charge in [-0.1, -0.05) is 155 Å². The maximum absolute atomic E-state index is 6.80. The van der Waals surface area contributed by atoms with Crippen LogP contribution in [0.2, 0.25) is 0 Å². The summed E-state index contributed by atoms with van der Waals surface area (Å²) in [6.07, 6.45) is 7.47. The molecule has 1 heteroatoms. The summed E-state index contributed by atoms with van der Waals surface area (Å²) in [4.78, 5) is 0. The number of anilines is 1. The lowest BCUT2D eigenvalue weighted by molar-refractivity contribution is 0.737. The molecule has 0 amide bonds. The van der Waals surface area contributed by atoms with E-state index in [1.165, 1.54) is 34.2 Å². The number of rotatable bonds is 4. The molecule has 0 fully saturated rings. The van der Waals surface area contributed by atoms with E-state index in [9.17, 15) is 0 Å². The molecule has 4 aromatic rings. The Kier molecular flexibility index (Phi) is 16.5. The van der Waals surface area contributed by atoms with E-state index in [1.54, 1.807) is 0 Å². The van der Waals surface area contributed by atoms with Crippen molar-refractivity contribution in [2.24, 2.45) is 5.92 Å². The number of allylic oxidation sites excluding steroid dienone is 3. The summed E-state index contributed by atoms with van der Waals surface area (Å²) in [5, 5.41) is 0. The molecule has 0 bridgehead atoms. The maximum atomic E-state index is 6.80. The Labute approximate surface area is 251 Å². The Morgan fingerprint density at radius 3 is 1.46 bits per heavy atom. The Morgan fingerprint density at radius 1 is 0.659 bits per heavy atom. The van der Waals surface area contributed by atoms with Crippen LogP contribution in [0.15, 0.2) is 103 Å². The monoisotopic (exact) mass is 547 g/mol. The molecule has 0 aliphatic carbocycles. The molecule has 0 atom stereocenters.